The van der Waals surface area contributed by atoms with Crippen molar-refractivity contribution in [3.05, 3.63) is 24.3 Å². The number of amides is 1. The minimum atomic E-state index is -0.451. The molecule has 0 radical (unpaired) electrons. The zero-order valence-electron chi connectivity index (χ0n) is 10.9. The molecule has 0 bridgehead atoms. The highest BCUT2D eigenvalue weighted by Crippen LogP contribution is 2.13. The normalized spacial score (nSPS) is 9.89. The second kappa shape index (κ2) is 8.69. The van der Waals surface area contributed by atoms with Gasteiger partial charge in [0.05, 0.1) is 7.11 Å². The summed E-state index contributed by atoms with van der Waals surface area (Å²) in [5.41, 5.74) is 1.80. The van der Waals surface area contributed by atoms with Crippen LogP contribution in [0.25, 0.3) is 0 Å². The summed E-state index contributed by atoms with van der Waals surface area (Å²) >= 11 is 1.88. The van der Waals surface area contributed by atoms with E-state index >= 15 is 0 Å². The molecule has 2 N–H and O–H groups in total. The van der Waals surface area contributed by atoms with Gasteiger partial charge in [-0.25, -0.2) is 4.79 Å². The highest BCUT2D eigenvalue weighted by Gasteiger charge is 1.99. The number of rotatable bonds is 7. The summed E-state index contributed by atoms with van der Waals surface area (Å²) in [6.45, 7) is 0.977. The van der Waals surface area contributed by atoms with Crippen LogP contribution in [-0.2, 0) is 4.74 Å². The third kappa shape index (κ3) is 5.82. The number of hydrogen-bond acceptors (Lipinski definition) is 4. The van der Waals surface area contributed by atoms with Crippen molar-refractivity contribution in [2.75, 3.05) is 36.3 Å². The van der Waals surface area contributed by atoms with Gasteiger partial charge in [-0.1, -0.05) is 0 Å². The molecule has 0 aliphatic heterocycles. The minimum Gasteiger partial charge on any atom is -0.453 e. The lowest BCUT2D eigenvalue weighted by atomic mass is 10.2. The molecule has 0 aliphatic carbocycles. The van der Waals surface area contributed by atoms with E-state index in [1.165, 1.54) is 25.7 Å². The molecule has 0 saturated carbocycles. The van der Waals surface area contributed by atoms with Crippen LogP contribution in [0.5, 0.6) is 0 Å². The van der Waals surface area contributed by atoms with Crippen LogP contribution in [-0.4, -0.2) is 31.8 Å². The lowest BCUT2D eigenvalue weighted by Crippen LogP contribution is -2.10. The highest BCUT2D eigenvalue weighted by molar-refractivity contribution is 7.98. The minimum absolute atomic E-state index is 0.451. The molecule has 5 heteroatoms. The molecule has 0 atom stereocenters. The van der Waals surface area contributed by atoms with Crippen LogP contribution in [0.4, 0.5) is 16.2 Å². The van der Waals surface area contributed by atoms with Crippen LogP contribution in [0.2, 0.25) is 0 Å². The van der Waals surface area contributed by atoms with Crippen molar-refractivity contribution in [2.45, 2.75) is 12.8 Å². The van der Waals surface area contributed by atoms with Gasteiger partial charge >= 0.3 is 6.09 Å². The molecule has 0 aliphatic rings. The van der Waals surface area contributed by atoms with Crippen LogP contribution in [0.1, 0.15) is 12.8 Å². The first kappa shape index (κ1) is 14.7. The topological polar surface area (TPSA) is 50.4 Å². The molecular formula is C13H20N2O2S. The Labute approximate surface area is 112 Å². The summed E-state index contributed by atoms with van der Waals surface area (Å²) in [7, 11) is 1.35. The molecule has 0 aromatic heterocycles. The zero-order chi connectivity index (χ0) is 13.2. The number of hydrogen-bond donors (Lipinski definition) is 2. The Morgan fingerprint density at radius 3 is 2.50 bits per heavy atom. The van der Waals surface area contributed by atoms with Gasteiger partial charge < -0.3 is 10.1 Å². The summed E-state index contributed by atoms with van der Waals surface area (Å²) in [6, 6.07) is 7.59. The Kier molecular flexibility index (Phi) is 7.10. The molecule has 0 spiro atoms. The first-order chi connectivity index (χ1) is 8.76. The van der Waals surface area contributed by atoms with E-state index in [0.717, 1.165) is 17.9 Å². The van der Waals surface area contributed by atoms with Gasteiger partial charge in [-0.05, 0) is 49.1 Å². The van der Waals surface area contributed by atoms with Crippen molar-refractivity contribution in [3.63, 3.8) is 0 Å². The molecule has 100 valence electrons. The maximum absolute atomic E-state index is 11.0. The molecule has 0 saturated heterocycles. The molecule has 1 rings (SSSR count). The second-order valence-corrected chi connectivity index (χ2v) is 4.81. The smallest absolute Gasteiger partial charge is 0.411 e. The van der Waals surface area contributed by atoms with Crippen molar-refractivity contribution >= 4 is 29.2 Å². The molecular weight excluding hydrogens is 248 g/mol. The van der Waals surface area contributed by atoms with Gasteiger partial charge in [0.2, 0.25) is 0 Å². The maximum atomic E-state index is 11.0. The molecule has 1 aromatic carbocycles. The standard InChI is InChI=1S/C13H20N2O2S/c1-17-13(16)15-12-7-5-11(6-8-12)14-9-3-4-10-18-2/h5-8,14H,3-4,9-10H2,1-2H3,(H,15,16). The van der Waals surface area contributed by atoms with E-state index < -0.39 is 6.09 Å². The van der Waals surface area contributed by atoms with Crippen molar-refractivity contribution in [3.8, 4) is 0 Å². The van der Waals surface area contributed by atoms with Crippen molar-refractivity contribution < 1.29 is 9.53 Å². The molecule has 1 amide bonds. The Hall–Kier alpha value is -1.36. The van der Waals surface area contributed by atoms with Crippen molar-refractivity contribution in [1.29, 1.82) is 0 Å². The Morgan fingerprint density at radius 1 is 1.22 bits per heavy atom. The van der Waals surface area contributed by atoms with E-state index in [-0.39, 0.29) is 0 Å². The highest BCUT2D eigenvalue weighted by atomic mass is 32.2. The number of thioether (sulfide) groups is 1. The van der Waals surface area contributed by atoms with Gasteiger partial charge in [-0.15, -0.1) is 0 Å². The molecule has 0 fully saturated rings. The molecule has 1 aromatic rings. The number of unbranched alkanes of at least 4 members (excludes halogenated alkanes) is 1. The summed E-state index contributed by atoms with van der Waals surface area (Å²) in [6.07, 6.45) is 4.08. The van der Waals surface area contributed by atoms with Crippen LogP contribution < -0.4 is 10.6 Å². The third-order valence-corrected chi connectivity index (χ3v) is 3.12. The predicted molar refractivity (Wildman–Crippen MR) is 78.6 cm³/mol. The van der Waals surface area contributed by atoms with E-state index in [0.29, 0.717) is 0 Å². The van der Waals surface area contributed by atoms with E-state index in [9.17, 15) is 4.79 Å². The van der Waals surface area contributed by atoms with Gasteiger partial charge in [-0.2, -0.15) is 11.8 Å². The van der Waals surface area contributed by atoms with E-state index in [2.05, 4.69) is 21.6 Å². The van der Waals surface area contributed by atoms with Crippen LogP contribution in [0.3, 0.4) is 0 Å². The van der Waals surface area contributed by atoms with Gasteiger partial charge in [-0.3, -0.25) is 5.32 Å². The van der Waals surface area contributed by atoms with Gasteiger partial charge in [0.1, 0.15) is 0 Å². The third-order valence-electron chi connectivity index (χ3n) is 2.42. The van der Waals surface area contributed by atoms with E-state index in [1.807, 2.05) is 36.0 Å². The average Bonchev–Trinajstić information content (AvgIpc) is 2.40. The SMILES string of the molecule is COC(=O)Nc1ccc(NCCCCSC)cc1. The quantitative estimate of drug-likeness (QED) is 0.744. The number of nitrogens with one attached hydrogen (secondary N) is 2. The number of carbonyl (C=O) groups is 1. The maximum Gasteiger partial charge on any atom is 0.411 e. The van der Waals surface area contributed by atoms with Crippen LogP contribution >= 0.6 is 11.8 Å². The second-order valence-electron chi connectivity index (χ2n) is 3.82. The first-order valence-electron chi connectivity index (χ1n) is 5.94. The Balaban J connectivity index is 2.29. The number of carbonyl (C=O) groups excluding carboxylic acids is 1. The lowest BCUT2D eigenvalue weighted by molar-refractivity contribution is 0.187. The summed E-state index contributed by atoms with van der Waals surface area (Å²) < 4.78 is 4.52. The van der Waals surface area contributed by atoms with E-state index in [4.69, 9.17) is 0 Å². The van der Waals surface area contributed by atoms with E-state index in [1.54, 1.807) is 0 Å². The number of benzene rings is 1. The lowest BCUT2D eigenvalue weighted by Gasteiger charge is -2.08. The Morgan fingerprint density at radius 2 is 1.89 bits per heavy atom. The number of methoxy groups -OCH3 is 1. The summed E-state index contributed by atoms with van der Waals surface area (Å²) in [5.74, 6) is 1.21. The fraction of sp³-hybridized carbons (Fsp3) is 0.462. The predicted octanol–water partition coefficient (Wildman–Crippen LogP) is 3.42. The fourth-order valence-electron chi connectivity index (χ4n) is 1.44. The zero-order valence-corrected chi connectivity index (χ0v) is 11.7. The van der Waals surface area contributed by atoms with Crippen molar-refractivity contribution in [1.82, 2.24) is 0 Å². The summed E-state index contributed by atoms with van der Waals surface area (Å²) in [5, 5.41) is 5.96. The Bertz CT molecular complexity index is 355. The number of anilines is 2. The number of ether oxygens (including phenoxy) is 1. The van der Waals surface area contributed by atoms with Crippen LogP contribution in [0.15, 0.2) is 24.3 Å². The molecule has 18 heavy (non-hydrogen) atoms. The monoisotopic (exact) mass is 268 g/mol. The van der Waals surface area contributed by atoms with Crippen molar-refractivity contribution in [2.24, 2.45) is 0 Å². The molecule has 4 nitrogen and oxygen atoms in total. The summed E-state index contributed by atoms with van der Waals surface area (Å²) in [4.78, 5) is 11.0. The van der Waals surface area contributed by atoms with Gasteiger partial charge in [0.15, 0.2) is 0 Å². The molecule has 0 heterocycles. The largest absolute Gasteiger partial charge is 0.453 e. The first-order valence-corrected chi connectivity index (χ1v) is 7.33. The fourth-order valence-corrected chi connectivity index (χ4v) is 1.94. The molecule has 0 unspecified atom stereocenters. The van der Waals surface area contributed by atoms with Gasteiger partial charge in [0.25, 0.3) is 0 Å². The average molecular weight is 268 g/mol. The van der Waals surface area contributed by atoms with Gasteiger partial charge in [0, 0.05) is 17.9 Å². The van der Waals surface area contributed by atoms with Crippen LogP contribution in [0, 0.1) is 0 Å².